The molecule has 0 heterocycles. The molecule has 0 aromatic heterocycles. The molecule has 0 atom stereocenters. The first-order valence-corrected chi connectivity index (χ1v) is 6.78. The fourth-order valence-corrected chi connectivity index (χ4v) is 1.86. The van der Waals surface area contributed by atoms with E-state index in [9.17, 15) is 14.9 Å². The SMILES string of the molecule is COc1ccc(NC(=O)COc2ccc(C#N)cc2)c([N+](=O)[O-])c1. The van der Waals surface area contributed by atoms with Gasteiger partial charge in [0.05, 0.1) is 29.7 Å². The van der Waals surface area contributed by atoms with Crippen LogP contribution in [0, 0.1) is 21.4 Å². The van der Waals surface area contributed by atoms with E-state index in [0.717, 1.165) is 0 Å². The Morgan fingerprint density at radius 2 is 1.92 bits per heavy atom. The fourth-order valence-electron chi connectivity index (χ4n) is 1.86. The smallest absolute Gasteiger partial charge is 0.296 e. The van der Waals surface area contributed by atoms with Crippen LogP contribution in [0.2, 0.25) is 0 Å². The number of amides is 1. The first-order chi connectivity index (χ1) is 11.5. The van der Waals surface area contributed by atoms with Crippen LogP contribution >= 0.6 is 0 Å². The summed E-state index contributed by atoms with van der Waals surface area (Å²) < 4.78 is 10.2. The van der Waals surface area contributed by atoms with E-state index in [1.807, 2.05) is 6.07 Å². The second kappa shape index (κ2) is 7.60. The van der Waals surface area contributed by atoms with Gasteiger partial charge in [0.2, 0.25) is 0 Å². The Bertz CT molecular complexity index is 796. The Morgan fingerprint density at radius 3 is 2.50 bits per heavy atom. The number of rotatable bonds is 6. The molecule has 0 radical (unpaired) electrons. The monoisotopic (exact) mass is 327 g/mol. The standard InChI is InChI=1S/C16H13N3O5/c1-23-13-6-7-14(15(8-13)19(21)22)18-16(20)10-24-12-4-2-11(9-17)3-5-12/h2-8H,10H2,1H3,(H,18,20). The molecule has 0 aliphatic rings. The fraction of sp³-hybridized carbons (Fsp3) is 0.125. The number of hydrogen-bond acceptors (Lipinski definition) is 6. The Morgan fingerprint density at radius 1 is 1.25 bits per heavy atom. The van der Waals surface area contributed by atoms with Gasteiger partial charge in [0.25, 0.3) is 11.6 Å². The van der Waals surface area contributed by atoms with Gasteiger partial charge >= 0.3 is 0 Å². The summed E-state index contributed by atoms with van der Waals surface area (Å²) in [6.45, 7) is -0.324. The number of anilines is 1. The molecule has 2 aromatic carbocycles. The number of methoxy groups -OCH3 is 1. The maximum atomic E-state index is 11.9. The summed E-state index contributed by atoms with van der Waals surface area (Å²) in [5.74, 6) is 0.175. The highest BCUT2D eigenvalue weighted by Gasteiger charge is 2.17. The van der Waals surface area contributed by atoms with Crippen molar-refractivity contribution in [3.8, 4) is 17.6 Å². The zero-order valence-electron chi connectivity index (χ0n) is 12.7. The molecule has 0 saturated carbocycles. The minimum atomic E-state index is -0.612. The van der Waals surface area contributed by atoms with Gasteiger partial charge in [0.1, 0.15) is 17.2 Å². The predicted molar refractivity (Wildman–Crippen MR) is 84.9 cm³/mol. The summed E-state index contributed by atoms with van der Waals surface area (Å²) in [5.41, 5.74) is 0.246. The predicted octanol–water partition coefficient (Wildman–Crippen LogP) is 2.49. The summed E-state index contributed by atoms with van der Waals surface area (Å²) in [5, 5.41) is 22.2. The van der Waals surface area contributed by atoms with Gasteiger partial charge in [0.15, 0.2) is 6.61 Å². The lowest BCUT2D eigenvalue weighted by Crippen LogP contribution is -2.20. The average molecular weight is 327 g/mol. The van der Waals surface area contributed by atoms with Crippen molar-refractivity contribution in [1.82, 2.24) is 0 Å². The van der Waals surface area contributed by atoms with E-state index in [2.05, 4.69) is 5.32 Å². The number of nitrogens with one attached hydrogen (secondary N) is 1. The Labute approximate surface area is 137 Å². The zero-order chi connectivity index (χ0) is 17.5. The molecule has 0 aliphatic carbocycles. The molecule has 0 bridgehead atoms. The van der Waals surface area contributed by atoms with Gasteiger partial charge < -0.3 is 14.8 Å². The van der Waals surface area contributed by atoms with E-state index in [1.165, 1.54) is 25.3 Å². The van der Waals surface area contributed by atoms with Gasteiger partial charge in [-0.1, -0.05) is 0 Å². The Balaban J connectivity index is 2.01. The van der Waals surface area contributed by atoms with Crippen molar-refractivity contribution in [2.24, 2.45) is 0 Å². The normalized spacial score (nSPS) is 9.67. The quantitative estimate of drug-likeness (QED) is 0.644. The molecule has 2 rings (SSSR count). The Kier molecular flexibility index (Phi) is 5.31. The van der Waals surface area contributed by atoms with Crippen LogP contribution in [0.5, 0.6) is 11.5 Å². The van der Waals surface area contributed by atoms with E-state index >= 15 is 0 Å². The van der Waals surface area contributed by atoms with Gasteiger partial charge in [-0.2, -0.15) is 5.26 Å². The molecule has 24 heavy (non-hydrogen) atoms. The van der Waals surface area contributed by atoms with Gasteiger partial charge in [-0.3, -0.25) is 14.9 Å². The van der Waals surface area contributed by atoms with Crippen molar-refractivity contribution in [2.45, 2.75) is 0 Å². The minimum Gasteiger partial charge on any atom is -0.496 e. The highest BCUT2D eigenvalue weighted by molar-refractivity contribution is 5.94. The number of hydrogen-bond donors (Lipinski definition) is 1. The van der Waals surface area contributed by atoms with Crippen LogP contribution < -0.4 is 14.8 Å². The largest absolute Gasteiger partial charge is 0.496 e. The molecule has 0 fully saturated rings. The molecule has 0 aliphatic heterocycles. The van der Waals surface area contributed by atoms with Crippen LogP contribution in [0.15, 0.2) is 42.5 Å². The lowest BCUT2D eigenvalue weighted by atomic mass is 10.2. The second-order valence-corrected chi connectivity index (χ2v) is 4.61. The third-order valence-corrected chi connectivity index (χ3v) is 3.03. The third-order valence-electron chi connectivity index (χ3n) is 3.03. The van der Waals surface area contributed by atoms with Crippen LogP contribution in [0.4, 0.5) is 11.4 Å². The molecule has 8 heteroatoms. The summed E-state index contributed by atoms with van der Waals surface area (Å²) in [6, 6.07) is 12.3. The van der Waals surface area contributed by atoms with Crippen molar-refractivity contribution in [1.29, 1.82) is 5.26 Å². The lowest BCUT2D eigenvalue weighted by Gasteiger charge is -2.09. The summed E-state index contributed by atoms with van der Waals surface area (Å²) in [6.07, 6.45) is 0. The number of nitro benzene ring substituents is 1. The first-order valence-electron chi connectivity index (χ1n) is 6.78. The van der Waals surface area contributed by atoms with Crippen LogP contribution in [0.25, 0.3) is 0 Å². The lowest BCUT2D eigenvalue weighted by molar-refractivity contribution is -0.384. The molecule has 2 aromatic rings. The van der Waals surface area contributed by atoms with Crippen molar-refractivity contribution in [3.05, 3.63) is 58.1 Å². The zero-order valence-corrected chi connectivity index (χ0v) is 12.7. The molecule has 0 spiro atoms. The van der Waals surface area contributed by atoms with Gasteiger partial charge in [-0.05, 0) is 36.4 Å². The molecule has 1 amide bonds. The first kappa shape index (κ1) is 16.8. The Hall–Kier alpha value is -3.60. The highest BCUT2D eigenvalue weighted by atomic mass is 16.6. The molecule has 8 nitrogen and oxygen atoms in total. The highest BCUT2D eigenvalue weighted by Crippen LogP contribution is 2.28. The van der Waals surface area contributed by atoms with Crippen molar-refractivity contribution in [3.63, 3.8) is 0 Å². The maximum Gasteiger partial charge on any atom is 0.296 e. The molecule has 0 saturated heterocycles. The molecular formula is C16H13N3O5. The maximum absolute atomic E-state index is 11.9. The summed E-state index contributed by atoms with van der Waals surface area (Å²) >= 11 is 0. The topological polar surface area (TPSA) is 114 Å². The van der Waals surface area contributed by atoms with Crippen molar-refractivity contribution in [2.75, 3.05) is 19.0 Å². The second-order valence-electron chi connectivity index (χ2n) is 4.61. The number of carbonyl (C=O) groups excluding carboxylic acids is 1. The van der Waals surface area contributed by atoms with Crippen LogP contribution in [0.3, 0.4) is 0 Å². The van der Waals surface area contributed by atoms with Crippen LogP contribution in [0.1, 0.15) is 5.56 Å². The number of carbonyl (C=O) groups is 1. The summed E-state index contributed by atoms with van der Waals surface area (Å²) in [7, 11) is 1.39. The van der Waals surface area contributed by atoms with E-state index in [0.29, 0.717) is 17.1 Å². The van der Waals surface area contributed by atoms with Gasteiger partial charge in [-0.15, -0.1) is 0 Å². The number of nitro groups is 1. The number of nitrogens with zero attached hydrogens (tertiary/aromatic N) is 2. The number of nitriles is 1. The van der Waals surface area contributed by atoms with E-state index in [1.54, 1.807) is 24.3 Å². The van der Waals surface area contributed by atoms with Gasteiger partial charge in [-0.25, -0.2) is 0 Å². The van der Waals surface area contributed by atoms with E-state index in [4.69, 9.17) is 14.7 Å². The minimum absolute atomic E-state index is 0.0502. The molecule has 1 N–H and O–H groups in total. The van der Waals surface area contributed by atoms with Crippen LogP contribution in [-0.4, -0.2) is 24.5 Å². The van der Waals surface area contributed by atoms with Crippen molar-refractivity contribution >= 4 is 17.3 Å². The molecule has 0 unspecified atom stereocenters. The molecular weight excluding hydrogens is 314 g/mol. The van der Waals surface area contributed by atoms with E-state index in [-0.39, 0.29) is 18.0 Å². The third kappa shape index (κ3) is 4.20. The average Bonchev–Trinajstić information content (AvgIpc) is 2.60. The van der Waals surface area contributed by atoms with Gasteiger partial charge in [0, 0.05) is 0 Å². The van der Waals surface area contributed by atoms with Crippen molar-refractivity contribution < 1.29 is 19.2 Å². The number of ether oxygens (including phenoxy) is 2. The summed E-state index contributed by atoms with van der Waals surface area (Å²) in [4.78, 5) is 22.3. The number of benzene rings is 2. The van der Waals surface area contributed by atoms with Crippen LogP contribution in [-0.2, 0) is 4.79 Å². The van der Waals surface area contributed by atoms with E-state index < -0.39 is 10.8 Å². The molecule has 122 valence electrons.